The Morgan fingerprint density at radius 1 is 1.19 bits per heavy atom. The van der Waals surface area contributed by atoms with E-state index in [0.717, 1.165) is 10.0 Å². The molecule has 2 aromatic carbocycles. The number of dihydropyridines is 1. The third kappa shape index (κ3) is 5.59. The molecular weight excluding hydrogens is 498 g/mol. The molecule has 0 fully saturated rings. The zero-order chi connectivity index (χ0) is 22.5. The fourth-order valence-corrected chi connectivity index (χ4v) is 4.63. The van der Waals surface area contributed by atoms with Crippen LogP contribution in [0, 0.1) is 11.3 Å². The summed E-state index contributed by atoms with van der Waals surface area (Å²) in [5.74, 6) is -0.715. The van der Waals surface area contributed by atoms with Gasteiger partial charge in [0.2, 0.25) is 5.91 Å². The summed E-state index contributed by atoms with van der Waals surface area (Å²) < 4.78 is 0.923. The summed E-state index contributed by atoms with van der Waals surface area (Å²) in [4.78, 5) is 24.8. The smallest absolute Gasteiger partial charge is 0.234 e. The Labute approximate surface area is 198 Å². The number of Topliss-reactive ketones (excluding diaryl/α,β-unsaturated/α-hetero) is 1. The number of amides is 1. The highest BCUT2D eigenvalue weighted by Crippen LogP contribution is 2.41. The van der Waals surface area contributed by atoms with Gasteiger partial charge in [0, 0.05) is 26.5 Å². The molecule has 8 heteroatoms. The van der Waals surface area contributed by atoms with Gasteiger partial charge in [0.1, 0.15) is 0 Å². The number of ketones is 1. The van der Waals surface area contributed by atoms with Gasteiger partial charge >= 0.3 is 0 Å². The summed E-state index contributed by atoms with van der Waals surface area (Å²) in [5.41, 5.74) is 3.09. The van der Waals surface area contributed by atoms with Gasteiger partial charge in [-0.15, -0.1) is 0 Å². The summed E-state index contributed by atoms with van der Waals surface area (Å²) in [6.07, 6.45) is 0. The summed E-state index contributed by atoms with van der Waals surface area (Å²) >= 11 is 10.6. The van der Waals surface area contributed by atoms with E-state index in [1.807, 2.05) is 24.3 Å². The quantitative estimate of drug-likeness (QED) is 0.510. The van der Waals surface area contributed by atoms with Crippen LogP contribution in [0.3, 0.4) is 0 Å². The van der Waals surface area contributed by atoms with Gasteiger partial charge in [-0.1, -0.05) is 51.4 Å². The van der Waals surface area contributed by atoms with Gasteiger partial charge in [0.05, 0.1) is 28.3 Å². The maximum absolute atomic E-state index is 12.4. The maximum atomic E-state index is 12.4. The van der Waals surface area contributed by atoms with Gasteiger partial charge in [-0.3, -0.25) is 9.59 Å². The number of nitrogens with one attached hydrogen (secondary N) is 2. The lowest BCUT2D eigenvalue weighted by Gasteiger charge is -2.29. The van der Waals surface area contributed by atoms with Crippen molar-refractivity contribution in [3.8, 4) is 6.07 Å². The van der Waals surface area contributed by atoms with E-state index in [4.69, 9.17) is 11.6 Å². The normalized spacial score (nSPS) is 15.9. The fraction of sp³-hybridized carbons (Fsp3) is 0.174. The van der Waals surface area contributed by atoms with E-state index in [1.165, 1.54) is 18.7 Å². The number of nitrogens with zero attached hydrogens (tertiary/aromatic N) is 1. The molecule has 0 radical (unpaired) electrons. The van der Waals surface area contributed by atoms with Gasteiger partial charge < -0.3 is 10.6 Å². The van der Waals surface area contributed by atoms with Crippen molar-refractivity contribution in [1.82, 2.24) is 5.32 Å². The predicted molar refractivity (Wildman–Crippen MR) is 129 cm³/mol. The third-order valence-electron chi connectivity index (χ3n) is 4.71. The number of nitriles is 1. The first-order chi connectivity index (χ1) is 14.8. The Morgan fingerprint density at radius 2 is 1.84 bits per heavy atom. The van der Waals surface area contributed by atoms with E-state index in [1.54, 1.807) is 31.2 Å². The molecule has 1 aliphatic rings. The Bertz CT molecular complexity index is 1120. The molecule has 1 heterocycles. The van der Waals surface area contributed by atoms with Crippen molar-refractivity contribution in [2.75, 3.05) is 11.1 Å². The molecule has 0 bridgehead atoms. The minimum Gasteiger partial charge on any atom is -0.353 e. The molecule has 1 aliphatic heterocycles. The molecular formula is C23H19BrClN3O2S. The van der Waals surface area contributed by atoms with E-state index in [0.29, 0.717) is 32.6 Å². The van der Waals surface area contributed by atoms with Crippen molar-refractivity contribution < 1.29 is 9.59 Å². The molecule has 3 rings (SSSR count). The van der Waals surface area contributed by atoms with E-state index < -0.39 is 5.92 Å². The van der Waals surface area contributed by atoms with Crippen LogP contribution in [0.2, 0.25) is 5.02 Å². The molecule has 0 spiro atoms. The zero-order valence-electron chi connectivity index (χ0n) is 16.8. The standard InChI is InChI=1S/C23H19BrClN3O2S/c1-13-21(14(2)29)22(15-3-7-17(25)8-4-15)19(11-26)23(27-13)31-12-20(30)28-18-9-5-16(24)6-10-18/h3-10,22,27H,12H2,1-2H3,(H,28,30)/t22-/m0/s1. The number of hydrogen-bond donors (Lipinski definition) is 2. The molecule has 158 valence electrons. The topological polar surface area (TPSA) is 82.0 Å². The predicted octanol–water partition coefficient (Wildman–Crippen LogP) is 5.76. The number of carbonyl (C=O) groups is 2. The van der Waals surface area contributed by atoms with Crippen LogP contribution in [-0.2, 0) is 9.59 Å². The average Bonchev–Trinajstić information content (AvgIpc) is 2.73. The second-order valence-electron chi connectivity index (χ2n) is 6.90. The van der Waals surface area contributed by atoms with E-state index in [2.05, 4.69) is 32.6 Å². The van der Waals surface area contributed by atoms with Gasteiger partial charge in [-0.25, -0.2) is 0 Å². The van der Waals surface area contributed by atoms with Crippen LogP contribution in [-0.4, -0.2) is 17.4 Å². The number of benzene rings is 2. The second kappa shape index (κ2) is 10.2. The number of halogens is 2. The molecule has 5 nitrogen and oxygen atoms in total. The van der Waals surface area contributed by atoms with E-state index in [9.17, 15) is 14.9 Å². The van der Waals surface area contributed by atoms with Gasteiger partial charge in [-0.2, -0.15) is 5.26 Å². The molecule has 0 aromatic heterocycles. The molecule has 31 heavy (non-hydrogen) atoms. The Morgan fingerprint density at radius 3 is 2.42 bits per heavy atom. The summed E-state index contributed by atoms with van der Waals surface area (Å²) in [6, 6.07) is 16.6. The molecule has 1 amide bonds. The van der Waals surface area contributed by atoms with Crippen molar-refractivity contribution in [3.63, 3.8) is 0 Å². The van der Waals surface area contributed by atoms with Gasteiger partial charge in [0.15, 0.2) is 5.78 Å². The maximum Gasteiger partial charge on any atom is 0.234 e. The number of rotatable bonds is 6. The SMILES string of the molecule is CC(=O)C1=C(C)NC(SCC(=O)Nc2ccc(Br)cc2)=C(C#N)[C@@H]1c1ccc(Cl)cc1. The van der Waals surface area contributed by atoms with Crippen LogP contribution in [0.5, 0.6) is 0 Å². The van der Waals surface area contributed by atoms with E-state index in [-0.39, 0.29) is 17.4 Å². The third-order valence-corrected chi connectivity index (χ3v) is 6.50. The monoisotopic (exact) mass is 515 g/mol. The molecule has 0 unspecified atom stereocenters. The lowest BCUT2D eigenvalue weighted by Crippen LogP contribution is -2.27. The van der Waals surface area contributed by atoms with E-state index >= 15 is 0 Å². The number of anilines is 1. The molecule has 0 aliphatic carbocycles. The molecule has 0 saturated carbocycles. The highest BCUT2D eigenvalue weighted by molar-refractivity contribution is 9.10. The second-order valence-corrected chi connectivity index (χ2v) is 9.24. The first-order valence-electron chi connectivity index (χ1n) is 9.36. The number of hydrogen-bond acceptors (Lipinski definition) is 5. The van der Waals surface area contributed by atoms with Crippen molar-refractivity contribution >= 4 is 56.7 Å². The summed E-state index contributed by atoms with van der Waals surface area (Å²) in [6.45, 7) is 3.29. The minimum atomic E-state index is -0.516. The molecule has 2 N–H and O–H groups in total. The Kier molecular flexibility index (Phi) is 7.60. The summed E-state index contributed by atoms with van der Waals surface area (Å²) in [7, 11) is 0. The van der Waals surface area contributed by atoms with Crippen LogP contribution in [0.1, 0.15) is 25.3 Å². The zero-order valence-corrected chi connectivity index (χ0v) is 20.0. The van der Waals surface area contributed by atoms with Crippen molar-refractivity contribution in [2.24, 2.45) is 0 Å². The lowest BCUT2D eigenvalue weighted by atomic mass is 9.81. The Balaban J connectivity index is 1.86. The number of thioether (sulfide) groups is 1. The minimum absolute atomic E-state index is 0.111. The summed E-state index contributed by atoms with van der Waals surface area (Å²) in [5, 5.41) is 17.1. The first-order valence-corrected chi connectivity index (χ1v) is 11.5. The van der Waals surface area contributed by atoms with Crippen LogP contribution >= 0.6 is 39.3 Å². The average molecular weight is 517 g/mol. The van der Waals surface area contributed by atoms with Crippen LogP contribution < -0.4 is 10.6 Å². The van der Waals surface area contributed by atoms with Crippen LogP contribution in [0.4, 0.5) is 5.69 Å². The first kappa shape index (κ1) is 23.1. The van der Waals surface area contributed by atoms with Crippen molar-refractivity contribution in [1.29, 1.82) is 5.26 Å². The lowest BCUT2D eigenvalue weighted by molar-refractivity contribution is -0.114. The number of carbonyl (C=O) groups excluding carboxylic acids is 2. The highest BCUT2D eigenvalue weighted by atomic mass is 79.9. The fourth-order valence-electron chi connectivity index (χ4n) is 3.35. The van der Waals surface area contributed by atoms with Crippen LogP contribution in [0.15, 0.2) is 74.9 Å². The molecule has 2 aromatic rings. The Hall–Kier alpha value is -2.53. The molecule has 0 saturated heterocycles. The highest BCUT2D eigenvalue weighted by Gasteiger charge is 2.33. The molecule has 1 atom stereocenters. The van der Waals surface area contributed by atoms with Crippen molar-refractivity contribution in [2.45, 2.75) is 19.8 Å². The largest absolute Gasteiger partial charge is 0.353 e. The van der Waals surface area contributed by atoms with Gasteiger partial charge in [-0.05, 0) is 55.8 Å². The van der Waals surface area contributed by atoms with Crippen LogP contribution in [0.25, 0.3) is 0 Å². The number of allylic oxidation sites excluding steroid dienone is 3. The van der Waals surface area contributed by atoms with Crippen molar-refractivity contribution in [3.05, 3.63) is 85.5 Å². The van der Waals surface area contributed by atoms with Gasteiger partial charge in [0.25, 0.3) is 0 Å².